The number of carbonyl (C=O) groups is 1. The fourth-order valence-corrected chi connectivity index (χ4v) is 1.33. The Balaban J connectivity index is 1.95. The summed E-state index contributed by atoms with van der Waals surface area (Å²) >= 11 is 0. The standard InChI is InChI=1S/C9H12N2O2/c1-5-3-7(5)9(12)10-8-4-6(2)13-11-8/h4-5,7H,3H2,1-2H3,(H,10,11,12)/t5-,7+/m0/s1. The fourth-order valence-electron chi connectivity index (χ4n) is 1.33. The number of hydrogen-bond donors (Lipinski definition) is 1. The van der Waals surface area contributed by atoms with Gasteiger partial charge in [0.15, 0.2) is 5.82 Å². The number of rotatable bonds is 2. The van der Waals surface area contributed by atoms with Crippen LogP contribution in [0.5, 0.6) is 0 Å². The van der Waals surface area contributed by atoms with Crippen molar-refractivity contribution in [3.8, 4) is 0 Å². The van der Waals surface area contributed by atoms with Gasteiger partial charge in [0.05, 0.1) is 0 Å². The van der Waals surface area contributed by atoms with Gasteiger partial charge in [-0.2, -0.15) is 0 Å². The Labute approximate surface area is 76.3 Å². The van der Waals surface area contributed by atoms with E-state index in [1.807, 2.05) is 0 Å². The topological polar surface area (TPSA) is 55.1 Å². The monoisotopic (exact) mass is 180 g/mol. The van der Waals surface area contributed by atoms with E-state index in [0.717, 1.165) is 6.42 Å². The van der Waals surface area contributed by atoms with Gasteiger partial charge in [-0.25, -0.2) is 0 Å². The Kier molecular flexibility index (Phi) is 1.83. The first-order chi connectivity index (χ1) is 6.16. The van der Waals surface area contributed by atoms with Gasteiger partial charge in [-0.1, -0.05) is 12.1 Å². The highest BCUT2D eigenvalue weighted by Gasteiger charge is 2.39. The quantitative estimate of drug-likeness (QED) is 0.751. The SMILES string of the molecule is Cc1cc(NC(=O)[C@@H]2C[C@@H]2C)no1. The largest absolute Gasteiger partial charge is 0.360 e. The lowest BCUT2D eigenvalue weighted by molar-refractivity contribution is -0.117. The van der Waals surface area contributed by atoms with Crippen LogP contribution in [-0.2, 0) is 4.79 Å². The normalized spacial score (nSPS) is 25.7. The molecule has 70 valence electrons. The molecule has 0 aliphatic heterocycles. The first-order valence-corrected chi connectivity index (χ1v) is 4.41. The summed E-state index contributed by atoms with van der Waals surface area (Å²) in [5, 5.41) is 6.40. The Morgan fingerprint density at radius 1 is 1.77 bits per heavy atom. The summed E-state index contributed by atoms with van der Waals surface area (Å²) in [6.07, 6.45) is 0.989. The minimum atomic E-state index is 0.0563. The lowest BCUT2D eigenvalue weighted by Gasteiger charge is -1.97. The lowest BCUT2D eigenvalue weighted by atomic mass is 10.3. The van der Waals surface area contributed by atoms with Gasteiger partial charge in [-0.3, -0.25) is 4.79 Å². The van der Waals surface area contributed by atoms with Crippen LogP contribution in [0.25, 0.3) is 0 Å². The van der Waals surface area contributed by atoms with Gasteiger partial charge >= 0.3 is 0 Å². The second-order valence-electron chi connectivity index (χ2n) is 3.63. The molecule has 1 fully saturated rings. The molecule has 1 aliphatic rings. The van der Waals surface area contributed by atoms with Crippen molar-refractivity contribution in [2.24, 2.45) is 11.8 Å². The average molecular weight is 180 g/mol. The highest BCUT2D eigenvalue weighted by Crippen LogP contribution is 2.38. The molecule has 0 spiro atoms. The van der Waals surface area contributed by atoms with E-state index in [-0.39, 0.29) is 11.8 Å². The van der Waals surface area contributed by atoms with Gasteiger partial charge in [-0.15, -0.1) is 0 Å². The third-order valence-corrected chi connectivity index (χ3v) is 2.33. The van der Waals surface area contributed by atoms with Crippen LogP contribution >= 0.6 is 0 Å². The van der Waals surface area contributed by atoms with Gasteiger partial charge in [-0.05, 0) is 19.3 Å². The summed E-state index contributed by atoms with van der Waals surface area (Å²) in [6.45, 7) is 3.86. The molecule has 4 heteroatoms. The molecule has 1 aromatic heterocycles. The molecule has 0 unspecified atom stereocenters. The summed E-state index contributed by atoms with van der Waals surface area (Å²) in [4.78, 5) is 11.4. The molecule has 4 nitrogen and oxygen atoms in total. The zero-order valence-corrected chi connectivity index (χ0v) is 7.70. The van der Waals surface area contributed by atoms with Gasteiger partial charge in [0.2, 0.25) is 5.91 Å². The van der Waals surface area contributed by atoms with Crippen LogP contribution in [0.1, 0.15) is 19.1 Å². The van der Waals surface area contributed by atoms with E-state index in [2.05, 4.69) is 17.4 Å². The zero-order valence-electron chi connectivity index (χ0n) is 7.70. The molecule has 13 heavy (non-hydrogen) atoms. The number of amides is 1. The summed E-state index contributed by atoms with van der Waals surface area (Å²) in [5.41, 5.74) is 0. The molecule has 1 heterocycles. The van der Waals surface area contributed by atoms with Crippen molar-refractivity contribution in [1.29, 1.82) is 0 Å². The summed E-state index contributed by atoms with van der Waals surface area (Å²) in [6, 6.07) is 1.71. The molecule has 1 N–H and O–H groups in total. The third kappa shape index (κ3) is 1.71. The molecule has 1 aliphatic carbocycles. The number of carbonyl (C=O) groups excluding carboxylic acids is 1. The maximum Gasteiger partial charge on any atom is 0.229 e. The fraction of sp³-hybridized carbons (Fsp3) is 0.556. The Hall–Kier alpha value is -1.32. The van der Waals surface area contributed by atoms with Gasteiger partial charge in [0.1, 0.15) is 5.76 Å². The first-order valence-electron chi connectivity index (χ1n) is 4.41. The first kappa shape index (κ1) is 8.29. The van der Waals surface area contributed by atoms with Gasteiger partial charge < -0.3 is 9.84 Å². The summed E-state index contributed by atoms with van der Waals surface area (Å²) in [7, 11) is 0. The number of anilines is 1. The predicted molar refractivity (Wildman–Crippen MR) is 47.1 cm³/mol. The number of nitrogens with zero attached hydrogens (tertiary/aromatic N) is 1. The molecule has 1 amide bonds. The molecule has 1 saturated carbocycles. The average Bonchev–Trinajstić information content (AvgIpc) is 2.66. The maximum atomic E-state index is 11.4. The number of aryl methyl sites for hydroxylation is 1. The third-order valence-electron chi connectivity index (χ3n) is 2.33. The van der Waals surface area contributed by atoms with E-state index in [1.54, 1.807) is 13.0 Å². The van der Waals surface area contributed by atoms with Crippen molar-refractivity contribution < 1.29 is 9.32 Å². The second-order valence-corrected chi connectivity index (χ2v) is 3.63. The highest BCUT2D eigenvalue weighted by atomic mass is 16.5. The molecule has 0 radical (unpaired) electrons. The molecule has 1 aromatic rings. The van der Waals surface area contributed by atoms with Crippen molar-refractivity contribution >= 4 is 11.7 Å². The van der Waals surface area contributed by atoms with Crippen molar-refractivity contribution in [3.05, 3.63) is 11.8 Å². The van der Waals surface area contributed by atoms with Crippen molar-refractivity contribution in [2.45, 2.75) is 20.3 Å². The predicted octanol–water partition coefficient (Wildman–Crippen LogP) is 1.58. The molecule has 2 atom stereocenters. The molecule has 0 aromatic carbocycles. The molecule has 0 saturated heterocycles. The van der Waals surface area contributed by atoms with Crippen molar-refractivity contribution in [3.63, 3.8) is 0 Å². The highest BCUT2D eigenvalue weighted by molar-refractivity contribution is 5.93. The van der Waals surface area contributed by atoms with Crippen LogP contribution in [0.3, 0.4) is 0 Å². The Morgan fingerprint density at radius 2 is 2.46 bits per heavy atom. The Bertz CT molecular complexity index is 332. The minimum absolute atomic E-state index is 0.0563. The number of nitrogens with one attached hydrogen (secondary N) is 1. The van der Waals surface area contributed by atoms with E-state index < -0.39 is 0 Å². The summed E-state index contributed by atoms with van der Waals surface area (Å²) < 4.78 is 4.83. The smallest absolute Gasteiger partial charge is 0.229 e. The van der Waals surface area contributed by atoms with Gasteiger partial charge in [0, 0.05) is 12.0 Å². The second kappa shape index (κ2) is 2.87. The van der Waals surface area contributed by atoms with Crippen LogP contribution in [0, 0.1) is 18.8 Å². The van der Waals surface area contributed by atoms with Crippen molar-refractivity contribution in [1.82, 2.24) is 5.16 Å². The number of aromatic nitrogens is 1. The van der Waals surface area contributed by atoms with E-state index >= 15 is 0 Å². The van der Waals surface area contributed by atoms with E-state index in [9.17, 15) is 4.79 Å². The van der Waals surface area contributed by atoms with Crippen LogP contribution in [0.2, 0.25) is 0 Å². The zero-order chi connectivity index (χ0) is 9.42. The lowest BCUT2D eigenvalue weighted by Crippen LogP contribution is -2.14. The van der Waals surface area contributed by atoms with Crippen LogP contribution < -0.4 is 5.32 Å². The van der Waals surface area contributed by atoms with Crippen molar-refractivity contribution in [2.75, 3.05) is 5.32 Å². The molecule has 0 bridgehead atoms. The van der Waals surface area contributed by atoms with E-state index in [0.29, 0.717) is 17.5 Å². The number of hydrogen-bond acceptors (Lipinski definition) is 3. The summed E-state index contributed by atoms with van der Waals surface area (Å²) in [5.74, 6) is 1.98. The van der Waals surface area contributed by atoms with Crippen LogP contribution in [0.4, 0.5) is 5.82 Å². The molecule has 2 rings (SSSR count). The molecular weight excluding hydrogens is 168 g/mol. The minimum Gasteiger partial charge on any atom is -0.360 e. The van der Waals surface area contributed by atoms with E-state index in [1.165, 1.54) is 0 Å². The van der Waals surface area contributed by atoms with Crippen LogP contribution in [0.15, 0.2) is 10.6 Å². The maximum absolute atomic E-state index is 11.4. The van der Waals surface area contributed by atoms with Gasteiger partial charge in [0.25, 0.3) is 0 Å². The Morgan fingerprint density at radius 3 is 2.92 bits per heavy atom. The molecular formula is C9H12N2O2. The van der Waals surface area contributed by atoms with E-state index in [4.69, 9.17) is 4.52 Å². The van der Waals surface area contributed by atoms with Crippen LogP contribution in [-0.4, -0.2) is 11.1 Å².